The number of benzene rings is 1. The summed E-state index contributed by atoms with van der Waals surface area (Å²) in [6, 6.07) is -0.471. The maximum absolute atomic E-state index is 14.8. The number of Topliss-reactive ketones (excluding diaryl/α,β-unsaturated/α-hetero) is 2. The molecule has 0 radical (unpaired) electrons. The van der Waals surface area contributed by atoms with Crippen LogP contribution in [0.1, 0.15) is 46.8 Å². The molecule has 0 aromatic heterocycles. The van der Waals surface area contributed by atoms with Gasteiger partial charge in [0.05, 0.1) is 23.8 Å². The molecule has 5 rings (SSSR count). The predicted octanol–water partition coefficient (Wildman–Crippen LogP) is 1.75. The summed E-state index contributed by atoms with van der Waals surface area (Å²) in [5, 5.41) is 44.8. The topological polar surface area (TPSA) is 174 Å². The molecule has 6 N–H and O–H groups in total. The van der Waals surface area contributed by atoms with E-state index in [9.17, 15) is 48.0 Å². The molecule has 4 aliphatic rings. The normalized spacial score (nSPS) is 29.3. The van der Waals surface area contributed by atoms with Crippen LogP contribution < -0.4 is 5.73 Å². The van der Waals surface area contributed by atoms with Crippen LogP contribution in [0.5, 0.6) is 5.75 Å². The minimum Gasteiger partial charge on any atom is -0.510 e. The van der Waals surface area contributed by atoms with E-state index in [-0.39, 0.29) is 24.6 Å². The molecule has 43 heavy (non-hydrogen) atoms. The maximum Gasteiger partial charge on any atom is 0.417 e. The average Bonchev–Trinajstić information content (AvgIpc) is 3.43. The zero-order valence-electron chi connectivity index (χ0n) is 23.9. The zero-order chi connectivity index (χ0) is 31.8. The highest BCUT2D eigenvalue weighted by molar-refractivity contribution is 6.24. The van der Waals surface area contributed by atoms with E-state index in [1.54, 1.807) is 6.92 Å². The number of hydrogen-bond donors (Lipinski definition) is 5. The average molecular weight is 610 g/mol. The molecule has 14 heteroatoms. The van der Waals surface area contributed by atoms with E-state index in [0.717, 1.165) is 6.07 Å². The van der Waals surface area contributed by atoms with Gasteiger partial charge in [0.2, 0.25) is 5.78 Å². The van der Waals surface area contributed by atoms with Gasteiger partial charge in [-0.15, -0.1) is 0 Å². The SMILES string of the molecule is CCN(Cc1cc(O)c2c(c1C(F)(F)F)C[C@H]1C[C@H]3[C@H](N(C)C)C(O)=C(C(N)=O)C(=O)[C@@]3(O)C(O)=C1C2=O)[C@@H]1CCOC1. The van der Waals surface area contributed by atoms with Gasteiger partial charge in [0.15, 0.2) is 11.4 Å². The molecule has 0 spiro atoms. The molecule has 5 atom stereocenters. The lowest BCUT2D eigenvalue weighted by Gasteiger charge is -2.50. The molecule has 1 fully saturated rings. The first-order valence-electron chi connectivity index (χ1n) is 14.0. The van der Waals surface area contributed by atoms with Crippen LogP contribution in [0.15, 0.2) is 28.7 Å². The van der Waals surface area contributed by atoms with Crippen molar-refractivity contribution >= 4 is 17.5 Å². The second-order valence-corrected chi connectivity index (χ2v) is 11.8. The number of likely N-dealkylation sites (N-methyl/N-ethyl adjacent to an activating group) is 2. The first-order chi connectivity index (χ1) is 20.0. The van der Waals surface area contributed by atoms with Crippen LogP contribution in [0.2, 0.25) is 0 Å². The lowest BCUT2D eigenvalue weighted by atomic mass is 9.58. The number of carbonyl (C=O) groups excluding carboxylic acids is 3. The van der Waals surface area contributed by atoms with Crippen LogP contribution in [-0.2, 0) is 33.5 Å². The summed E-state index contributed by atoms with van der Waals surface area (Å²) in [6.07, 6.45) is -5.05. The number of ether oxygens (including phenoxy) is 1. The molecule has 11 nitrogen and oxygen atoms in total. The molecule has 1 aliphatic heterocycles. The molecular weight excluding hydrogens is 575 g/mol. The Balaban J connectivity index is 1.68. The van der Waals surface area contributed by atoms with Crippen LogP contribution in [0.3, 0.4) is 0 Å². The molecule has 3 aliphatic carbocycles. The number of aromatic hydroxyl groups is 1. The number of fused-ring (bicyclic) bond motifs is 3. The number of hydrogen-bond acceptors (Lipinski definition) is 10. The number of halogens is 3. The third kappa shape index (κ3) is 4.62. The summed E-state index contributed by atoms with van der Waals surface area (Å²) in [4.78, 5) is 42.5. The Labute approximate surface area is 245 Å². The Morgan fingerprint density at radius 1 is 1.21 bits per heavy atom. The molecular formula is C29H34F3N3O8. The lowest BCUT2D eigenvalue weighted by Crippen LogP contribution is -2.63. The van der Waals surface area contributed by atoms with Crippen molar-refractivity contribution in [2.45, 2.75) is 56.6 Å². The summed E-state index contributed by atoms with van der Waals surface area (Å²) in [7, 11) is 2.93. The third-order valence-electron chi connectivity index (χ3n) is 9.29. The summed E-state index contributed by atoms with van der Waals surface area (Å²) in [6.45, 7) is 2.88. The van der Waals surface area contributed by atoms with Gasteiger partial charge in [-0.3, -0.25) is 24.2 Å². The number of aliphatic hydroxyl groups excluding tert-OH is 2. The number of rotatable bonds is 6. The highest BCUT2D eigenvalue weighted by atomic mass is 19.4. The zero-order valence-corrected chi connectivity index (χ0v) is 23.9. The highest BCUT2D eigenvalue weighted by Crippen LogP contribution is 2.54. The predicted molar refractivity (Wildman–Crippen MR) is 144 cm³/mol. The molecule has 1 aromatic rings. The molecule has 0 unspecified atom stereocenters. The van der Waals surface area contributed by atoms with Crippen molar-refractivity contribution in [3.63, 3.8) is 0 Å². The summed E-state index contributed by atoms with van der Waals surface area (Å²) >= 11 is 0. The van der Waals surface area contributed by atoms with Crippen molar-refractivity contribution in [3.05, 3.63) is 51.0 Å². The van der Waals surface area contributed by atoms with Gasteiger partial charge >= 0.3 is 6.18 Å². The molecule has 1 aromatic carbocycles. The fourth-order valence-electron chi connectivity index (χ4n) is 7.40. The number of aliphatic hydroxyl groups is 3. The van der Waals surface area contributed by atoms with Crippen molar-refractivity contribution in [1.29, 1.82) is 0 Å². The van der Waals surface area contributed by atoms with E-state index >= 15 is 0 Å². The first-order valence-corrected chi connectivity index (χ1v) is 14.0. The molecule has 1 heterocycles. The smallest absolute Gasteiger partial charge is 0.417 e. The van der Waals surface area contributed by atoms with E-state index in [1.807, 2.05) is 4.90 Å². The Hall–Kier alpha value is -3.46. The number of nitrogens with zero attached hydrogens (tertiary/aromatic N) is 2. The lowest BCUT2D eigenvalue weighted by molar-refractivity contribution is -0.148. The fraction of sp³-hybridized carbons (Fsp3) is 0.552. The van der Waals surface area contributed by atoms with E-state index in [4.69, 9.17) is 10.5 Å². The van der Waals surface area contributed by atoms with Crippen LogP contribution in [0.4, 0.5) is 13.2 Å². The Morgan fingerprint density at radius 3 is 2.42 bits per heavy atom. The summed E-state index contributed by atoms with van der Waals surface area (Å²) in [5.74, 6) is -9.05. The van der Waals surface area contributed by atoms with Gasteiger partial charge in [-0.2, -0.15) is 13.2 Å². The quantitative estimate of drug-likeness (QED) is 0.299. The van der Waals surface area contributed by atoms with Gasteiger partial charge in [0.25, 0.3) is 5.91 Å². The Morgan fingerprint density at radius 2 is 1.88 bits per heavy atom. The number of nitrogens with two attached hydrogens (primary N) is 1. The number of phenols is 1. The van der Waals surface area contributed by atoms with Crippen LogP contribution >= 0.6 is 0 Å². The number of ketones is 2. The third-order valence-corrected chi connectivity index (χ3v) is 9.29. The number of phenolic OH excluding ortho intramolecular Hbond substituents is 1. The number of alkyl halides is 3. The van der Waals surface area contributed by atoms with Crippen LogP contribution in [-0.4, -0.2) is 99.2 Å². The first kappa shape index (κ1) is 31.0. The van der Waals surface area contributed by atoms with E-state index in [1.165, 1.54) is 19.0 Å². The summed E-state index contributed by atoms with van der Waals surface area (Å²) < 4.78 is 49.7. The van der Waals surface area contributed by atoms with E-state index in [0.29, 0.717) is 26.2 Å². The van der Waals surface area contributed by atoms with Crippen molar-refractivity contribution in [1.82, 2.24) is 9.80 Å². The van der Waals surface area contributed by atoms with E-state index in [2.05, 4.69) is 0 Å². The largest absolute Gasteiger partial charge is 0.510 e. The number of allylic oxidation sites excluding steroid dienone is 1. The number of carbonyl (C=O) groups is 3. The van der Waals surface area contributed by atoms with Crippen molar-refractivity contribution in [2.75, 3.05) is 33.9 Å². The number of amides is 1. The number of primary amides is 1. The molecule has 0 saturated carbocycles. The van der Waals surface area contributed by atoms with Gasteiger partial charge in [-0.05, 0) is 63.0 Å². The highest BCUT2D eigenvalue weighted by Gasteiger charge is 2.63. The van der Waals surface area contributed by atoms with Gasteiger partial charge in [0.1, 0.15) is 22.8 Å². The second-order valence-electron chi connectivity index (χ2n) is 11.8. The minimum absolute atomic E-state index is 0.119. The molecule has 1 saturated heterocycles. The second kappa shape index (κ2) is 10.6. The molecule has 1 amide bonds. The Bertz CT molecular complexity index is 1460. The van der Waals surface area contributed by atoms with Gasteiger partial charge in [-0.1, -0.05) is 6.92 Å². The molecule has 234 valence electrons. The van der Waals surface area contributed by atoms with Crippen LogP contribution in [0.25, 0.3) is 0 Å². The minimum atomic E-state index is -4.91. The molecule has 0 bridgehead atoms. The van der Waals surface area contributed by atoms with Crippen molar-refractivity contribution < 1.29 is 52.7 Å². The monoisotopic (exact) mass is 609 g/mol. The van der Waals surface area contributed by atoms with Crippen LogP contribution in [0, 0.1) is 11.8 Å². The maximum atomic E-state index is 14.8. The Kier molecular flexibility index (Phi) is 7.65. The van der Waals surface area contributed by atoms with Crippen molar-refractivity contribution in [3.8, 4) is 5.75 Å². The van der Waals surface area contributed by atoms with Gasteiger partial charge < -0.3 is 30.9 Å². The summed E-state index contributed by atoms with van der Waals surface area (Å²) in [5.41, 5.74) is -1.45. The fourth-order valence-corrected chi connectivity index (χ4v) is 7.40. The standard InChI is InChI=1S/C29H34F3N3O8/c1-4-35(14-5-6-43-11-14)10-13-9-17(36)19-15(21(13)29(30,31)32)7-12-8-16-22(34(2)3)24(38)20(27(33)41)26(40)28(16,42)25(39)18(12)23(19)37/h9,12,14,16,22,36,38-39,42H,4-8,10-11H2,1-3H3,(H2,33,41)/t12-,14+,16-,22-,28-/m0/s1. The van der Waals surface area contributed by atoms with Crippen molar-refractivity contribution in [2.24, 2.45) is 17.6 Å². The van der Waals surface area contributed by atoms with Gasteiger partial charge in [0, 0.05) is 30.7 Å². The van der Waals surface area contributed by atoms with Gasteiger partial charge in [-0.25, -0.2) is 0 Å². The van der Waals surface area contributed by atoms with E-state index < -0.39 is 98.7 Å².